The number of ether oxygens (including phenoxy) is 1. The fraction of sp³-hybridized carbons (Fsp3) is 0.500. The van der Waals surface area contributed by atoms with Crippen molar-refractivity contribution in [2.24, 2.45) is 5.92 Å². The molecule has 1 aromatic heterocycles. The molecule has 1 N–H and O–H groups in total. The number of carbonyl (C=O) groups is 1. The summed E-state index contributed by atoms with van der Waals surface area (Å²) in [6.45, 7) is 5.13. The molecule has 1 saturated heterocycles. The highest BCUT2D eigenvalue weighted by Crippen LogP contribution is 2.27. The summed E-state index contributed by atoms with van der Waals surface area (Å²) in [6, 6.07) is 7.48. The molecule has 2 aromatic rings. The van der Waals surface area contributed by atoms with Gasteiger partial charge in [-0.3, -0.25) is 4.79 Å². The molecule has 1 aliphatic rings. The van der Waals surface area contributed by atoms with E-state index in [2.05, 4.69) is 23.7 Å². The number of nitrogens with one attached hydrogen (secondary N) is 1. The number of aromatic nitrogens is 1. The minimum Gasteiger partial charge on any atom is -0.483 e. The first-order chi connectivity index (χ1) is 11.8. The Labute approximate surface area is 148 Å². The summed E-state index contributed by atoms with van der Waals surface area (Å²) < 4.78 is 30.7. The molecule has 25 heavy (non-hydrogen) atoms. The van der Waals surface area contributed by atoms with Crippen molar-refractivity contribution in [1.29, 1.82) is 0 Å². The van der Waals surface area contributed by atoms with E-state index in [4.69, 9.17) is 4.74 Å². The van der Waals surface area contributed by atoms with E-state index >= 15 is 0 Å². The quantitative estimate of drug-likeness (QED) is 0.850. The average molecular weight is 364 g/mol. The summed E-state index contributed by atoms with van der Waals surface area (Å²) >= 11 is 0. The predicted molar refractivity (Wildman–Crippen MR) is 97.5 cm³/mol. The lowest BCUT2D eigenvalue weighted by atomic mass is 10.2. The number of amides is 1. The van der Waals surface area contributed by atoms with Crippen molar-refractivity contribution in [3.05, 3.63) is 30.5 Å². The Morgan fingerprint density at radius 2 is 2.16 bits per heavy atom. The van der Waals surface area contributed by atoms with Gasteiger partial charge in [-0.25, -0.2) is 8.42 Å². The van der Waals surface area contributed by atoms with Gasteiger partial charge in [0.1, 0.15) is 5.75 Å². The Bertz CT molecular complexity index is 870. The van der Waals surface area contributed by atoms with E-state index in [0.717, 1.165) is 17.4 Å². The first kappa shape index (κ1) is 17.8. The highest BCUT2D eigenvalue weighted by molar-refractivity contribution is 7.91. The molecule has 0 bridgehead atoms. The number of fused-ring (bicyclic) bond motifs is 1. The van der Waals surface area contributed by atoms with Gasteiger partial charge >= 0.3 is 0 Å². The molecule has 1 fully saturated rings. The lowest BCUT2D eigenvalue weighted by Gasteiger charge is -2.13. The van der Waals surface area contributed by atoms with E-state index in [0.29, 0.717) is 18.1 Å². The van der Waals surface area contributed by atoms with Crippen LogP contribution in [-0.2, 0) is 21.2 Å². The SMILES string of the molecule is CC(C)Cn1ccc2c(OCC(=O)N[C@H]3CCS(=O)(=O)C3)cccc21. The van der Waals surface area contributed by atoms with E-state index < -0.39 is 9.84 Å². The molecule has 7 heteroatoms. The van der Waals surface area contributed by atoms with Gasteiger partial charge in [0.15, 0.2) is 16.4 Å². The zero-order valence-corrected chi connectivity index (χ0v) is 15.4. The van der Waals surface area contributed by atoms with Gasteiger partial charge in [0.25, 0.3) is 5.91 Å². The Morgan fingerprint density at radius 3 is 2.84 bits per heavy atom. The van der Waals surface area contributed by atoms with Crippen LogP contribution in [0.2, 0.25) is 0 Å². The number of hydrogen-bond donors (Lipinski definition) is 1. The molecule has 1 aromatic carbocycles. The second-order valence-electron chi connectivity index (χ2n) is 7.01. The Morgan fingerprint density at radius 1 is 1.36 bits per heavy atom. The van der Waals surface area contributed by atoms with Gasteiger partial charge in [0, 0.05) is 24.2 Å². The second-order valence-corrected chi connectivity index (χ2v) is 9.24. The van der Waals surface area contributed by atoms with Crippen molar-refractivity contribution in [3.63, 3.8) is 0 Å². The van der Waals surface area contributed by atoms with E-state index in [-0.39, 0.29) is 30.1 Å². The molecule has 1 amide bonds. The fourth-order valence-corrected chi connectivity index (χ4v) is 4.87. The van der Waals surface area contributed by atoms with Gasteiger partial charge in [0.05, 0.1) is 17.0 Å². The lowest BCUT2D eigenvalue weighted by molar-refractivity contribution is -0.123. The van der Waals surface area contributed by atoms with Crippen molar-refractivity contribution in [2.45, 2.75) is 32.9 Å². The molecule has 0 unspecified atom stereocenters. The van der Waals surface area contributed by atoms with E-state index in [1.54, 1.807) is 0 Å². The van der Waals surface area contributed by atoms with Crippen molar-refractivity contribution in [1.82, 2.24) is 9.88 Å². The van der Waals surface area contributed by atoms with Gasteiger partial charge in [0.2, 0.25) is 0 Å². The third-order valence-electron chi connectivity index (χ3n) is 4.29. The maximum atomic E-state index is 12.0. The first-order valence-electron chi connectivity index (χ1n) is 8.54. The normalized spacial score (nSPS) is 19.4. The summed E-state index contributed by atoms with van der Waals surface area (Å²) in [6.07, 6.45) is 2.50. The maximum absolute atomic E-state index is 12.0. The number of rotatable bonds is 6. The highest BCUT2D eigenvalue weighted by Gasteiger charge is 2.28. The highest BCUT2D eigenvalue weighted by atomic mass is 32.2. The molecular weight excluding hydrogens is 340 g/mol. The Balaban J connectivity index is 1.63. The Hall–Kier alpha value is -2.02. The van der Waals surface area contributed by atoms with Crippen molar-refractivity contribution in [2.75, 3.05) is 18.1 Å². The molecule has 1 atom stereocenters. The van der Waals surface area contributed by atoms with E-state index in [9.17, 15) is 13.2 Å². The fourth-order valence-electron chi connectivity index (χ4n) is 3.20. The van der Waals surface area contributed by atoms with Crippen LogP contribution in [0.5, 0.6) is 5.75 Å². The zero-order valence-electron chi connectivity index (χ0n) is 14.6. The molecule has 0 saturated carbocycles. The van der Waals surface area contributed by atoms with Crippen LogP contribution in [0.25, 0.3) is 10.9 Å². The van der Waals surface area contributed by atoms with Crippen LogP contribution in [0.15, 0.2) is 30.5 Å². The van der Waals surface area contributed by atoms with Crippen LogP contribution < -0.4 is 10.1 Å². The molecule has 0 spiro atoms. The van der Waals surface area contributed by atoms with Crippen molar-refractivity contribution >= 4 is 26.6 Å². The third kappa shape index (κ3) is 4.34. The monoisotopic (exact) mass is 364 g/mol. The molecule has 6 nitrogen and oxygen atoms in total. The predicted octanol–water partition coefficient (Wildman–Crippen LogP) is 1.98. The molecule has 0 radical (unpaired) electrons. The van der Waals surface area contributed by atoms with Gasteiger partial charge in [-0.2, -0.15) is 0 Å². The minimum absolute atomic E-state index is 0.0202. The van der Waals surface area contributed by atoms with Crippen LogP contribution >= 0.6 is 0 Å². The summed E-state index contributed by atoms with van der Waals surface area (Å²) in [7, 11) is -3.00. The van der Waals surface area contributed by atoms with Gasteiger partial charge < -0.3 is 14.6 Å². The molecule has 0 aliphatic carbocycles. The minimum atomic E-state index is -3.00. The molecule has 136 valence electrons. The van der Waals surface area contributed by atoms with Crippen LogP contribution in [-0.4, -0.2) is 43.0 Å². The molecule has 2 heterocycles. The van der Waals surface area contributed by atoms with E-state index in [1.165, 1.54) is 0 Å². The summed E-state index contributed by atoms with van der Waals surface area (Å²) in [5, 5.41) is 3.71. The first-order valence-corrected chi connectivity index (χ1v) is 10.4. The van der Waals surface area contributed by atoms with Crippen LogP contribution in [0, 0.1) is 5.92 Å². The molecular formula is C18H24N2O4S. The Kier molecular flexibility index (Phi) is 5.03. The zero-order chi connectivity index (χ0) is 18.0. The number of carbonyl (C=O) groups excluding carboxylic acids is 1. The van der Waals surface area contributed by atoms with Crippen LogP contribution in [0.3, 0.4) is 0 Å². The van der Waals surface area contributed by atoms with Crippen LogP contribution in [0.4, 0.5) is 0 Å². The second kappa shape index (κ2) is 7.07. The largest absolute Gasteiger partial charge is 0.483 e. The van der Waals surface area contributed by atoms with Gasteiger partial charge in [-0.15, -0.1) is 0 Å². The van der Waals surface area contributed by atoms with Crippen molar-refractivity contribution < 1.29 is 17.9 Å². The average Bonchev–Trinajstić information content (AvgIpc) is 3.08. The summed E-state index contributed by atoms with van der Waals surface area (Å²) in [5.41, 5.74) is 1.08. The standard InChI is InChI=1S/C18H24N2O4S/c1-13(2)10-20-8-6-15-16(20)4-3-5-17(15)24-11-18(21)19-14-7-9-25(22,23)12-14/h3-6,8,13-14H,7,9-12H2,1-2H3,(H,19,21)/t14-/m0/s1. The number of benzene rings is 1. The number of sulfone groups is 1. The summed E-state index contributed by atoms with van der Waals surface area (Å²) in [5.74, 6) is 1.07. The number of hydrogen-bond acceptors (Lipinski definition) is 4. The molecule has 3 rings (SSSR count). The lowest BCUT2D eigenvalue weighted by Crippen LogP contribution is -2.38. The molecule has 1 aliphatic heterocycles. The van der Waals surface area contributed by atoms with Crippen molar-refractivity contribution in [3.8, 4) is 5.75 Å². The van der Waals surface area contributed by atoms with Gasteiger partial charge in [-0.05, 0) is 30.5 Å². The number of nitrogens with zero attached hydrogens (tertiary/aromatic N) is 1. The summed E-state index contributed by atoms with van der Waals surface area (Å²) in [4.78, 5) is 12.0. The third-order valence-corrected chi connectivity index (χ3v) is 6.06. The van der Waals surface area contributed by atoms with E-state index in [1.807, 2.05) is 30.5 Å². The van der Waals surface area contributed by atoms with Crippen LogP contribution in [0.1, 0.15) is 20.3 Å². The maximum Gasteiger partial charge on any atom is 0.258 e. The topological polar surface area (TPSA) is 77.4 Å². The smallest absolute Gasteiger partial charge is 0.258 e. The van der Waals surface area contributed by atoms with Gasteiger partial charge in [-0.1, -0.05) is 19.9 Å².